The highest BCUT2D eigenvalue weighted by atomic mass is 32.2. The topological polar surface area (TPSA) is 63.4 Å². The van der Waals surface area contributed by atoms with E-state index in [0.29, 0.717) is 24.9 Å². The molecule has 2 atom stereocenters. The summed E-state index contributed by atoms with van der Waals surface area (Å²) < 4.78 is 30.2. The van der Waals surface area contributed by atoms with Crippen molar-refractivity contribution >= 4 is 15.6 Å². The van der Waals surface area contributed by atoms with E-state index in [9.17, 15) is 8.42 Å². The zero-order valence-electron chi connectivity index (χ0n) is 13.2. The molecule has 22 heavy (non-hydrogen) atoms. The van der Waals surface area contributed by atoms with Crippen LogP contribution in [0.15, 0.2) is 22.8 Å². The summed E-state index contributed by atoms with van der Waals surface area (Å²) in [5.74, 6) is 1.59. The van der Waals surface area contributed by atoms with Crippen LogP contribution in [0.25, 0.3) is 5.57 Å². The fraction of sp³-hybridized carbons (Fsp3) is 0.562. The first kappa shape index (κ1) is 15.5. The molecule has 0 bridgehead atoms. The van der Waals surface area contributed by atoms with Gasteiger partial charge in [-0.3, -0.25) is 0 Å². The van der Waals surface area contributed by atoms with Gasteiger partial charge in [0.2, 0.25) is 10.0 Å². The molecular weight excluding hydrogens is 300 g/mol. The molecule has 1 aromatic rings. The van der Waals surface area contributed by atoms with Gasteiger partial charge in [-0.05, 0) is 44.1 Å². The summed E-state index contributed by atoms with van der Waals surface area (Å²) in [4.78, 5) is 0. The van der Waals surface area contributed by atoms with Gasteiger partial charge in [0.05, 0.1) is 11.9 Å². The van der Waals surface area contributed by atoms with Crippen LogP contribution in [0.3, 0.4) is 0 Å². The maximum atomic E-state index is 11.7. The molecule has 1 aliphatic heterocycles. The highest BCUT2D eigenvalue weighted by Gasteiger charge is 2.33. The summed E-state index contributed by atoms with van der Waals surface area (Å²) in [7, 11) is -3.07. The quantitative estimate of drug-likeness (QED) is 0.858. The highest BCUT2D eigenvalue weighted by molar-refractivity contribution is 7.88. The Kier molecular flexibility index (Phi) is 3.99. The number of sulfonamides is 1. The molecule has 1 unspecified atom stereocenters. The number of hydrogen-bond donors (Lipinski definition) is 0. The molecule has 0 spiro atoms. The van der Waals surface area contributed by atoms with Crippen LogP contribution in [-0.4, -0.2) is 37.2 Å². The van der Waals surface area contributed by atoms with E-state index in [0.717, 1.165) is 35.4 Å². The molecule has 0 radical (unpaired) electrons. The number of rotatable bonds is 3. The van der Waals surface area contributed by atoms with E-state index < -0.39 is 10.0 Å². The SMILES string of the molecule is Cc1noc(C)c1C1=CC([C@@H]2CCN(S(C)(=O)=O)C2)CC=C1. The van der Waals surface area contributed by atoms with Crippen molar-refractivity contribution in [2.45, 2.75) is 26.7 Å². The maximum absolute atomic E-state index is 11.7. The zero-order valence-corrected chi connectivity index (χ0v) is 14.1. The van der Waals surface area contributed by atoms with Crippen LogP contribution in [0, 0.1) is 25.7 Å². The van der Waals surface area contributed by atoms with Crippen molar-refractivity contribution in [3.63, 3.8) is 0 Å². The normalized spacial score (nSPS) is 26.4. The van der Waals surface area contributed by atoms with Crippen LogP contribution < -0.4 is 0 Å². The van der Waals surface area contributed by atoms with Crippen LogP contribution >= 0.6 is 0 Å². The van der Waals surface area contributed by atoms with E-state index in [2.05, 4.69) is 23.4 Å². The Bertz CT molecular complexity index is 711. The summed E-state index contributed by atoms with van der Waals surface area (Å²) >= 11 is 0. The lowest BCUT2D eigenvalue weighted by Crippen LogP contribution is -2.28. The molecule has 0 amide bonds. The van der Waals surface area contributed by atoms with Crippen molar-refractivity contribution in [3.8, 4) is 0 Å². The highest BCUT2D eigenvalue weighted by Crippen LogP contribution is 2.35. The molecule has 2 aliphatic rings. The van der Waals surface area contributed by atoms with E-state index in [4.69, 9.17) is 4.52 Å². The van der Waals surface area contributed by atoms with Crippen LogP contribution in [0.5, 0.6) is 0 Å². The average Bonchev–Trinajstić information content (AvgIpc) is 3.06. The second kappa shape index (κ2) is 5.66. The van der Waals surface area contributed by atoms with Crippen LogP contribution in [-0.2, 0) is 10.0 Å². The Morgan fingerprint density at radius 2 is 2.14 bits per heavy atom. The monoisotopic (exact) mass is 322 g/mol. The van der Waals surface area contributed by atoms with Crippen molar-refractivity contribution in [1.29, 1.82) is 0 Å². The summed E-state index contributed by atoms with van der Waals surface area (Å²) in [6.07, 6.45) is 9.75. The number of hydrogen-bond acceptors (Lipinski definition) is 4. The van der Waals surface area contributed by atoms with Crippen molar-refractivity contribution in [2.24, 2.45) is 11.8 Å². The van der Waals surface area contributed by atoms with Gasteiger partial charge in [0.1, 0.15) is 5.76 Å². The minimum Gasteiger partial charge on any atom is -0.361 e. The first-order chi connectivity index (χ1) is 10.4. The van der Waals surface area contributed by atoms with Crippen LogP contribution in [0.1, 0.15) is 29.9 Å². The molecule has 0 aromatic carbocycles. The average molecular weight is 322 g/mol. The van der Waals surface area contributed by atoms with Gasteiger partial charge in [0.15, 0.2) is 0 Å². The van der Waals surface area contributed by atoms with Gasteiger partial charge in [0, 0.05) is 18.7 Å². The molecule has 5 nitrogen and oxygen atoms in total. The van der Waals surface area contributed by atoms with Crippen molar-refractivity contribution < 1.29 is 12.9 Å². The van der Waals surface area contributed by atoms with Crippen molar-refractivity contribution in [2.75, 3.05) is 19.3 Å². The third kappa shape index (κ3) is 2.90. The number of aromatic nitrogens is 1. The maximum Gasteiger partial charge on any atom is 0.211 e. The molecule has 1 aromatic heterocycles. The van der Waals surface area contributed by atoms with Crippen LogP contribution in [0.4, 0.5) is 0 Å². The molecule has 6 heteroatoms. The molecule has 3 rings (SSSR count). The molecule has 1 fully saturated rings. The molecule has 0 saturated carbocycles. The number of aryl methyl sites for hydroxylation is 2. The largest absolute Gasteiger partial charge is 0.361 e. The van der Waals surface area contributed by atoms with E-state index in [1.54, 1.807) is 4.31 Å². The summed E-state index contributed by atoms with van der Waals surface area (Å²) in [5.41, 5.74) is 3.11. The third-order valence-corrected chi connectivity index (χ3v) is 5.95. The third-order valence-electron chi connectivity index (χ3n) is 4.68. The van der Waals surface area contributed by atoms with E-state index >= 15 is 0 Å². The number of nitrogens with zero attached hydrogens (tertiary/aromatic N) is 2. The Balaban J connectivity index is 1.81. The van der Waals surface area contributed by atoms with Crippen LogP contribution in [0.2, 0.25) is 0 Å². The van der Waals surface area contributed by atoms with E-state index in [-0.39, 0.29) is 0 Å². The molecule has 2 heterocycles. The predicted octanol–water partition coefficient (Wildman–Crippen LogP) is 2.53. The second-order valence-corrected chi connectivity index (χ2v) is 8.28. The van der Waals surface area contributed by atoms with Crippen molar-refractivity contribution in [1.82, 2.24) is 9.46 Å². The standard InChI is InChI=1S/C16H22N2O3S/c1-11-16(12(2)21-17-11)14-6-4-5-13(9-14)15-7-8-18(10-15)22(3,19)20/h4,6,9,13,15H,5,7-8,10H2,1-3H3/t13?,15-/m1/s1. The molecular formula is C16H22N2O3S. The lowest BCUT2D eigenvalue weighted by molar-refractivity contribution is 0.392. The fourth-order valence-electron chi connectivity index (χ4n) is 3.50. The second-order valence-electron chi connectivity index (χ2n) is 6.29. The Morgan fingerprint density at radius 3 is 2.73 bits per heavy atom. The van der Waals surface area contributed by atoms with E-state index in [1.165, 1.54) is 6.26 Å². The fourth-order valence-corrected chi connectivity index (χ4v) is 4.40. The summed E-state index contributed by atoms with van der Waals surface area (Å²) in [6, 6.07) is 0. The molecule has 1 aliphatic carbocycles. The smallest absolute Gasteiger partial charge is 0.211 e. The summed E-state index contributed by atoms with van der Waals surface area (Å²) in [6.45, 7) is 5.14. The Hall–Kier alpha value is -1.40. The van der Waals surface area contributed by atoms with E-state index in [1.807, 2.05) is 13.8 Å². The molecule has 1 saturated heterocycles. The Morgan fingerprint density at radius 1 is 1.36 bits per heavy atom. The van der Waals surface area contributed by atoms with Gasteiger partial charge in [0.25, 0.3) is 0 Å². The molecule has 0 N–H and O–H groups in total. The minimum atomic E-state index is -3.07. The van der Waals surface area contributed by atoms with Gasteiger partial charge in [-0.1, -0.05) is 23.4 Å². The lowest BCUT2D eigenvalue weighted by atomic mass is 9.83. The minimum absolute atomic E-state index is 0.375. The molecule has 120 valence electrons. The summed E-state index contributed by atoms with van der Waals surface area (Å²) in [5, 5.41) is 4.02. The van der Waals surface area contributed by atoms with Gasteiger partial charge in [-0.25, -0.2) is 12.7 Å². The van der Waals surface area contributed by atoms with Gasteiger partial charge >= 0.3 is 0 Å². The van der Waals surface area contributed by atoms with Gasteiger partial charge < -0.3 is 4.52 Å². The predicted molar refractivity (Wildman–Crippen MR) is 85.7 cm³/mol. The number of allylic oxidation sites excluding steroid dienone is 4. The lowest BCUT2D eigenvalue weighted by Gasteiger charge is -2.23. The van der Waals surface area contributed by atoms with Gasteiger partial charge in [-0.2, -0.15) is 0 Å². The first-order valence-corrected chi connectivity index (χ1v) is 9.48. The first-order valence-electron chi connectivity index (χ1n) is 7.63. The van der Waals surface area contributed by atoms with Crippen molar-refractivity contribution in [3.05, 3.63) is 35.2 Å². The Labute approximate surface area is 131 Å². The zero-order chi connectivity index (χ0) is 15.9. The van der Waals surface area contributed by atoms with Gasteiger partial charge in [-0.15, -0.1) is 0 Å².